The quantitative estimate of drug-likeness (QED) is 0.120. The molecule has 2 aromatic rings. The molecule has 7 nitrogen and oxygen atoms in total. The van der Waals surface area contributed by atoms with Crippen LogP contribution in [0.1, 0.15) is 26.4 Å². The van der Waals surface area contributed by atoms with Crippen LogP contribution < -0.4 is 108 Å². The molecule has 150 valence electrons. The largest absolute Gasteiger partial charge is 1.00 e. The molecule has 0 spiro atoms. The number of rotatable bonds is 5. The molecule has 0 unspecified atom stereocenters. The maximum absolute atomic E-state index is 8.64. The third-order valence-electron chi connectivity index (χ3n) is 2.69. The van der Waals surface area contributed by atoms with Crippen molar-refractivity contribution in [3.05, 3.63) is 71.8 Å². The molecule has 29 heavy (non-hydrogen) atoms. The van der Waals surface area contributed by atoms with E-state index in [1.165, 1.54) is 0 Å². The summed E-state index contributed by atoms with van der Waals surface area (Å²) >= 11 is 0. The number of ether oxygens (including phenoxy) is 2. The van der Waals surface area contributed by atoms with Crippen molar-refractivity contribution in [1.82, 2.24) is 0 Å². The molecular weight excluding hydrogens is 450 g/mol. The summed E-state index contributed by atoms with van der Waals surface area (Å²) in [5.74, 6) is 0.487. The summed E-state index contributed by atoms with van der Waals surface area (Å²) in [4.78, 5) is 11.2. The molecular formula is C19H25ClK2N2O5. The summed E-state index contributed by atoms with van der Waals surface area (Å²) in [6.07, 6.45) is 0. The van der Waals surface area contributed by atoms with Gasteiger partial charge in [0, 0.05) is 11.1 Å². The zero-order valence-electron chi connectivity index (χ0n) is 18.2. The number of hydrogen-bond acceptors (Lipinski definition) is 7. The molecule has 0 atom stereocenters. The number of hydrogen-bond donors (Lipinski definition) is 2. The van der Waals surface area contributed by atoms with E-state index in [1.54, 1.807) is 0 Å². The van der Waals surface area contributed by atoms with E-state index in [1.807, 2.05) is 74.5 Å². The predicted octanol–water partition coefficient (Wildman–Crippen LogP) is -2.93. The van der Waals surface area contributed by atoms with Gasteiger partial charge < -0.3 is 21.0 Å². The van der Waals surface area contributed by atoms with Gasteiger partial charge in [-0.3, -0.25) is 15.6 Å². The Morgan fingerprint density at radius 2 is 1.14 bits per heavy atom. The van der Waals surface area contributed by atoms with E-state index in [2.05, 4.69) is 4.89 Å². The van der Waals surface area contributed by atoms with Crippen molar-refractivity contribution in [1.29, 1.82) is 10.8 Å². The van der Waals surface area contributed by atoms with E-state index in [0.717, 1.165) is 11.1 Å². The molecule has 2 N–H and O–H groups in total. The average molecular weight is 475 g/mol. The zero-order valence-corrected chi connectivity index (χ0v) is 24.3. The normalized spacial score (nSPS) is 7.69. The molecule has 0 aliphatic rings. The van der Waals surface area contributed by atoms with Crippen LogP contribution in [0.25, 0.3) is 0 Å². The average Bonchev–Trinajstić information content (AvgIpc) is 2.70. The SMILES string of the molecule is CCOC(=N)c1ccccc1.CCOC(=N)c1ccccc1.Cl.O=CO[O-].[H-].[K+].[K+]. The summed E-state index contributed by atoms with van der Waals surface area (Å²) < 4.78 is 10.0. The van der Waals surface area contributed by atoms with Crippen LogP contribution in [0.15, 0.2) is 60.7 Å². The topological polar surface area (TPSA) is 116 Å². The molecule has 0 aliphatic carbocycles. The second-order valence-electron chi connectivity index (χ2n) is 4.45. The fourth-order valence-corrected chi connectivity index (χ4v) is 1.63. The molecule has 0 saturated carbocycles. The third-order valence-corrected chi connectivity index (χ3v) is 2.69. The van der Waals surface area contributed by atoms with Crippen LogP contribution in [-0.2, 0) is 19.2 Å². The van der Waals surface area contributed by atoms with E-state index in [9.17, 15) is 0 Å². The first-order valence-corrected chi connectivity index (χ1v) is 7.86. The van der Waals surface area contributed by atoms with Crippen molar-refractivity contribution in [3.63, 3.8) is 0 Å². The Bertz CT molecular complexity index is 602. The first-order valence-electron chi connectivity index (χ1n) is 7.86. The van der Waals surface area contributed by atoms with E-state index in [0.29, 0.717) is 13.2 Å². The van der Waals surface area contributed by atoms with E-state index in [4.69, 9.17) is 30.3 Å². The van der Waals surface area contributed by atoms with Gasteiger partial charge in [-0.25, -0.2) is 0 Å². The van der Waals surface area contributed by atoms with Gasteiger partial charge in [0.1, 0.15) is 0 Å². The molecule has 0 saturated heterocycles. The molecule has 10 heteroatoms. The Morgan fingerprint density at radius 3 is 1.34 bits per heavy atom. The Morgan fingerprint density at radius 1 is 0.862 bits per heavy atom. The first-order chi connectivity index (χ1) is 12.6. The van der Waals surface area contributed by atoms with Crippen molar-refractivity contribution in [2.24, 2.45) is 0 Å². The monoisotopic (exact) mass is 474 g/mol. The minimum atomic E-state index is -0.181. The van der Waals surface area contributed by atoms with Gasteiger partial charge in [0.25, 0.3) is 6.47 Å². The summed E-state index contributed by atoms with van der Waals surface area (Å²) in [6.45, 7) is 4.66. The van der Waals surface area contributed by atoms with Gasteiger partial charge in [-0.15, -0.1) is 12.4 Å². The summed E-state index contributed by atoms with van der Waals surface area (Å²) in [5, 5.41) is 23.2. The van der Waals surface area contributed by atoms with Gasteiger partial charge in [0.15, 0.2) is 0 Å². The van der Waals surface area contributed by atoms with Crippen LogP contribution in [0.2, 0.25) is 0 Å². The molecule has 0 radical (unpaired) electrons. The smallest absolute Gasteiger partial charge is 1.00 e. The number of nitrogens with one attached hydrogen (secondary N) is 2. The van der Waals surface area contributed by atoms with Crippen molar-refractivity contribution < 1.29 is 129 Å². The summed E-state index contributed by atoms with van der Waals surface area (Å²) in [7, 11) is 0. The summed E-state index contributed by atoms with van der Waals surface area (Å²) in [6, 6.07) is 18.8. The van der Waals surface area contributed by atoms with Crippen LogP contribution in [0.4, 0.5) is 0 Å². The molecule has 0 heterocycles. The van der Waals surface area contributed by atoms with E-state index in [-0.39, 0.29) is 135 Å². The van der Waals surface area contributed by atoms with Gasteiger partial charge in [-0.2, -0.15) is 0 Å². The number of carbonyl (C=O) groups excluding carboxylic acids is 1. The molecule has 2 aromatic carbocycles. The van der Waals surface area contributed by atoms with Crippen molar-refractivity contribution in [3.8, 4) is 0 Å². The molecule has 0 bridgehead atoms. The number of carbonyl (C=O) groups is 1. The van der Waals surface area contributed by atoms with Crippen LogP contribution in [0.5, 0.6) is 0 Å². The van der Waals surface area contributed by atoms with Crippen molar-refractivity contribution >= 4 is 30.7 Å². The van der Waals surface area contributed by atoms with Gasteiger partial charge >= 0.3 is 103 Å². The van der Waals surface area contributed by atoms with Crippen LogP contribution >= 0.6 is 12.4 Å². The zero-order chi connectivity index (χ0) is 19.6. The van der Waals surface area contributed by atoms with Crippen molar-refractivity contribution in [2.75, 3.05) is 13.2 Å². The summed E-state index contributed by atoms with van der Waals surface area (Å²) in [5.41, 5.74) is 1.66. The van der Waals surface area contributed by atoms with Crippen LogP contribution in [0.3, 0.4) is 0 Å². The predicted molar refractivity (Wildman–Crippen MR) is 105 cm³/mol. The molecule has 0 aliphatic heterocycles. The fourth-order valence-electron chi connectivity index (χ4n) is 1.63. The Kier molecular flexibility index (Phi) is 33.4. The minimum absolute atomic E-state index is 0. The van der Waals surface area contributed by atoms with Gasteiger partial charge in [0.2, 0.25) is 11.8 Å². The maximum atomic E-state index is 8.64. The molecule has 2 rings (SSSR count). The second kappa shape index (κ2) is 26.4. The number of halogens is 1. The molecule has 0 amide bonds. The Balaban J connectivity index is -0.000000106. The Hall–Kier alpha value is 0.373. The van der Waals surface area contributed by atoms with Gasteiger partial charge in [-0.1, -0.05) is 36.4 Å². The van der Waals surface area contributed by atoms with E-state index >= 15 is 0 Å². The fraction of sp³-hybridized carbons (Fsp3) is 0.211. The number of benzene rings is 2. The van der Waals surface area contributed by atoms with Crippen LogP contribution in [0, 0.1) is 10.8 Å². The Labute approximate surface area is 264 Å². The standard InChI is InChI=1S/2C9H11NO.CH2O3.ClH.2K.H/c2*1-2-11-9(10)8-6-4-3-5-7-8;2-1-4-3;;;;/h2*3-7,10H,2H2,1H3;1,3H;1H;;;/q;;;;2*+1;-1/p-1. The minimum Gasteiger partial charge on any atom is -1.00 e. The molecule has 0 fully saturated rings. The maximum Gasteiger partial charge on any atom is 1.00 e. The van der Waals surface area contributed by atoms with Crippen molar-refractivity contribution in [2.45, 2.75) is 13.8 Å². The first kappa shape index (κ1) is 36.7. The molecule has 0 aromatic heterocycles. The van der Waals surface area contributed by atoms with Crippen LogP contribution in [-0.4, -0.2) is 31.5 Å². The van der Waals surface area contributed by atoms with Gasteiger partial charge in [0.05, 0.1) is 13.2 Å². The third kappa shape index (κ3) is 20.0. The van der Waals surface area contributed by atoms with Gasteiger partial charge in [-0.05, 0) is 38.1 Å². The van der Waals surface area contributed by atoms with E-state index < -0.39 is 0 Å². The second-order valence-corrected chi connectivity index (χ2v) is 4.45.